The van der Waals surface area contributed by atoms with E-state index in [9.17, 15) is 9.59 Å². The van der Waals surface area contributed by atoms with Gasteiger partial charge in [0.1, 0.15) is 0 Å². The Kier molecular flexibility index (Phi) is 3.06. The Morgan fingerprint density at radius 2 is 2.38 bits per heavy atom. The Labute approximate surface area is 76.9 Å². The molecule has 1 aliphatic rings. The molecule has 1 amide bonds. The van der Waals surface area contributed by atoms with E-state index >= 15 is 0 Å². The monoisotopic (exact) mass is 183 g/mol. The van der Waals surface area contributed by atoms with E-state index in [2.05, 4.69) is 10.1 Å². The van der Waals surface area contributed by atoms with E-state index in [1.54, 1.807) is 6.08 Å². The zero-order valence-electron chi connectivity index (χ0n) is 7.79. The van der Waals surface area contributed by atoms with Crippen LogP contribution in [0.25, 0.3) is 0 Å². The number of rotatable bonds is 1. The predicted molar refractivity (Wildman–Crippen MR) is 47.0 cm³/mol. The normalized spacial score (nSPS) is 22.2. The number of allylic oxidation sites excluding steroid dienone is 2. The lowest BCUT2D eigenvalue weighted by Crippen LogP contribution is -2.31. The summed E-state index contributed by atoms with van der Waals surface area (Å²) in [4.78, 5) is 22.2. The second-order valence-electron chi connectivity index (χ2n) is 3.08. The Morgan fingerprint density at radius 3 is 3.00 bits per heavy atom. The Hall–Kier alpha value is -1.32. The van der Waals surface area contributed by atoms with Crippen LogP contribution in [0.5, 0.6) is 0 Å². The second-order valence-corrected chi connectivity index (χ2v) is 3.08. The summed E-state index contributed by atoms with van der Waals surface area (Å²) in [6, 6.07) is 0. The van der Waals surface area contributed by atoms with E-state index in [1.807, 2.05) is 6.92 Å². The molecule has 0 bridgehead atoms. The van der Waals surface area contributed by atoms with Crippen LogP contribution in [0.15, 0.2) is 11.8 Å². The molecule has 0 saturated carbocycles. The summed E-state index contributed by atoms with van der Waals surface area (Å²) in [7, 11) is 1.27. The van der Waals surface area contributed by atoms with E-state index in [0.29, 0.717) is 5.70 Å². The highest BCUT2D eigenvalue weighted by Crippen LogP contribution is 2.18. The first-order chi connectivity index (χ1) is 6.15. The van der Waals surface area contributed by atoms with Crippen LogP contribution in [-0.2, 0) is 9.53 Å². The number of carbonyl (C=O) groups is 2. The zero-order valence-corrected chi connectivity index (χ0v) is 7.79. The van der Waals surface area contributed by atoms with Gasteiger partial charge < -0.3 is 4.74 Å². The summed E-state index contributed by atoms with van der Waals surface area (Å²) >= 11 is 0. The van der Waals surface area contributed by atoms with Crippen LogP contribution in [-0.4, -0.2) is 19.0 Å². The summed E-state index contributed by atoms with van der Waals surface area (Å²) in [6.45, 7) is 1.86. The minimum Gasteiger partial charge on any atom is -0.453 e. The average molecular weight is 183 g/mol. The van der Waals surface area contributed by atoms with Crippen LogP contribution in [0.2, 0.25) is 0 Å². The quantitative estimate of drug-likeness (QED) is 0.665. The summed E-state index contributed by atoms with van der Waals surface area (Å²) in [5, 5.41) is 2.40. The van der Waals surface area contributed by atoms with Gasteiger partial charge >= 0.3 is 6.09 Å². The first-order valence-corrected chi connectivity index (χ1v) is 4.24. The zero-order chi connectivity index (χ0) is 9.84. The molecule has 0 aromatic heterocycles. The maximum Gasteiger partial charge on any atom is 0.411 e. The van der Waals surface area contributed by atoms with Gasteiger partial charge in [-0.05, 0) is 12.8 Å². The molecule has 13 heavy (non-hydrogen) atoms. The molecule has 0 saturated heterocycles. The van der Waals surface area contributed by atoms with Gasteiger partial charge in [-0.15, -0.1) is 0 Å². The first kappa shape index (κ1) is 9.77. The Bertz CT molecular complexity index is 258. The Balaban J connectivity index is 2.63. The molecule has 72 valence electrons. The minimum atomic E-state index is -0.589. The van der Waals surface area contributed by atoms with Crippen molar-refractivity contribution in [2.75, 3.05) is 7.11 Å². The van der Waals surface area contributed by atoms with Gasteiger partial charge in [0.05, 0.1) is 12.8 Å². The lowest BCUT2D eigenvalue weighted by Gasteiger charge is -2.17. The van der Waals surface area contributed by atoms with Crippen molar-refractivity contribution in [3.8, 4) is 0 Å². The molecule has 1 N–H and O–H groups in total. The minimum absolute atomic E-state index is 0.00263. The van der Waals surface area contributed by atoms with Crippen molar-refractivity contribution in [2.45, 2.75) is 19.8 Å². The maximum absolute atomic E-state index is 11.4. The molecule has 0 radical (unpaired) electrons. The standard InChI is InChI=1S/C9H13NO3/c1-6-4-3-5-7(8(6)11)10-9(12)13-2/h5-6H,3-4H2,1-2H3,(H,10,12). The molecule has 1 aliphatic carbocycles. The fourth-order valence-electron chi connectivity index (χ4n) is 1.25. The number of amides is 1. The number of ketones is 1. The van der Waals surface area contributed by atoms with Gasteiger partial charge in [0, 0.05) is 5.92 Å². The van der Waals surface area contributed by atoms with Gasteiger partial charge in [0.2, 0.25) is 0 Å². The van der Waals surface area contributed by atoms with E-state index in [4.69, 9.17) is 0 Å². The third-order valence-corrected chi connectivity index (χ3v) is 2.08. The van der Waals surface area contributed by atoms with Crippen LogP contribution in [0.3, 0.4) is 0 Å². The van der Waals surface area contributed by atoms with E-state index in [-0.39, 0.29) is 11.7 Å². The fourth-order valence-corrected chi connectivity index (χ4v) is 1.25. The number of Topliss-reactive ketones (excluding diaryl/α,β-unsaturated/α-hetero) is 1. The highest BCUT2D eigenvalue weighted by Gasteiger charge is 2.22. The summed E-state index contributed by atoms with van der Waals surface area (Å²) in [5.74, 6) is -0.0196. The smallest absolute Gasteiger partial charge is 0.411 e. The van der Waals surface area contributed by atoms with Gasteiger partial charge in [-0.1, -0.05) is 13.0 Å². The van der Waals surface area contributed by atoms with Gasteiger partial charge in [-0.3, -0.25) is 10.1 Å². The molecule has 0 aromatic rings. The lowest BCUT2D eigenvalue weighted by molar-refractivity contribution is -0.119. The highest BCUT2D eigenvalue weighted by molar-refractivity contribution is 5.99. The highest BCUT2D eigenvalue weighted by atomic mass is 16.5. The van der Waals surface area contributed by atoms with Crippen LogP contribution >= 0.6 is 0 Å². The van der Waals surface area contributed by atoms with E-state index in [1.165, 1.54) is 7.11 Å². The fraction of sp³-hybridized carbons (Fsp3) is 0.556. The van der Waals surface area contributed by atoms with Crippen molar-refractivity contribution in [1.29, 1.82) is 0 Å². The molecule has 0 aliphatic heterocycles. The third kappa shape index (κ3) is 2.31. The molecule has 1 atom stereocenters. The van der Waals surface area contributed by atoms with Crippen molar-refractivity contribution < 1.29 is 14.3 Å². The molecular formula is C9H13NO3. The number of ether oxygens (including phenoxy) is 1. The van der Waals surface area contributed by atoms with Crippen LogP contribution < -0.4 is 5.32 Å². The van der Waals surface area contributed by atoms with Gasteiger partial charge in [0.15, 0.2) is 5.78 Å². The topological polar surface area (TPSA) is 55.4 Å². The molecule has 4 heteroatoms. The van der Waals surface area contributed by atoms with Gasteiger partial charge in [0.25, 0.3) is 0 Å². The van der Waals surface area contributed by atoms with E-state index < -0.39 is 6.09 Å². The van der Waals surface area contributed by atoms with Crippen LogP contribution in [0.4, 0.5) is 4.79 Å². The number of carbonyl (C=O) groups excluding carboxylic acids is 2. The maximum atomic E-state index is 11.4. The van der Waals surface area contributed by atoms with E-state index in [0.717, 1.165) is 12.8 Å². The first-order valence-electron chi connectivity index (χ1n) is 4.24. The molecule has 4 nitrogen and oxygen atoms in total. The third-order valence-electron chi connectivity index (χ3n) is 2.08. The number of hydrogen-bond acceptors (Lipinski definition) is 3. The molecule has 0 spiro atoms. The lowest BCUT2D eigenvalue weighted by atomic mass is 9.92. The summed E-state index contributed by atoms with van der Waals surface area (Å²) < 4.78 is 4.39. The molecule has 0 aromatic carbocycles. The molecule has 0 fully saturated rings. The Morgan fingerprint density at radius 1 is 1.69 bits per heavy atom. The summed E-state index contributed by atoms with van der Waals surface area (Å²) in [5.41, 5.74) is 0.366. The summed E-state index contributed by atoms with van der Waals surface area (Å²) in [6.07, 6.45) is 2.82. The van der Waals surface area contributed by atoms with Crippen LogP contribution in [0.1, 0.15) is 19.8 Å². The van der Waals surface area contributed by atoms with Crippen LogP contribution in [0, 0.1) is 5.92 Å². The molecule has 0 heterocycles. The van der Waals surface area contributed by atoms with Crippen molar-refractivity contribution in [1.82, 2.24) is 5.32 Å². The largest absolute Gasteiger partial charge is 0.453 e. The van der Waals surface area contributed by atoms with Crippen molar-refractivity contribution in [3.63, 3.8) is 0 Å². The molecule has 1 rings (SSSR count). The van der Waals surface area contributed by atoms with Gasteiger partial charge in [-0.25, -0.2) is 4.79 Å². The second kappa shape index (κ2) is 4.07. The van der Waals surface area contributed by atoms with Crippen molar-refractivity contribution in [3.05, 3.63) is 11.8 Å². The predicted octanol–water partition coefficient (Wildman–Crippen LogP) is 1.23. The average Bonchev–Trinajstić information content (AvgIpc) is 2.13. The molecule has 1 unspecified atom stereocenters. The number of hydrogen-bond donors (Lipinski definition) is 1. The van der Waals surface area contributed by atoms with Gasteiger partial charge in [-0.2, -0.15) is 0 Å². The molecular weight excluding hydrogens is 170 g/mol. The number of alkyl carbamates (subject to hydrolysis) is 1. The van der Waals surface area contributed by atoms with Crippen molar-refractivity contribution >= 4 is 11.9 Å². The number of methoxy groups -OCH3 is 1. The SMILES string of the molecule is COC(=O)NC1=CCCC(C)C1=O. The van der Waals surface area contributed by atoms with Crippen molar-refractivity contribution in [2.24, 2.45) is 5.92 Å². The number of nitrogens with one attached hydrogen (secondary N) is 1.